The number of unbranched alkanes of at least 4 members (excludes halogenated alkanes) is 1. The molecule has 2 amide bonds. The van der Waals surface area contributed by atoms with Crippen LogP contribution in [-0.2, 0) is 24.1 Å². The number of fused-ring (bicyclic) bond motifs is 5. The van der Waals surface area contributed by atoms with E-state index >= 15 is 4.39 Å². The van der Waals surface area contributed by atoms with Gasteiger partial charge in [-0.05, 0) is 165 Å². The molecule has 0 spiro atoms. The minimum atomic E-state index is -4.48. The molecule has 13 heteroatoms. The second-order valence-electron chi connectivity index (χ2n) is 19.0. The summed E-state index contributed by atoms with van der Waals surface area (Å²) in [5.74, 6) is 1.20. The van der Waals surface area contributed by atoms with E-state index in [4.69, 9.17) is 18.2 Å². The van der Waals surface area contributed by atoms with Crippen LogP contribution in [0.4, 0.5) is 14.0 Å². The molecular weight excluding hydrogens is 690 g/mol. The zero-order valence-corrected chi connectivity index (χ0v) is 34.3. The molecule has 52 heavy (non-hydrogen) atoms. The topological polar surface area (TPSA) is 144 Å². The summed E-state index contributed by atoms with van der Waals surface area (Å²) >= 11 is 0. The summed E-state index contributed by atoms with van der Waals surface area (Å²) < 4.78 is 63.8. The monoisotopic (exact) mass is 759 g/mol. The van der Waals surface area contributed by atoms with Crippen molar-refractivity contribution in [1.29, 1.82) is 0 Å². The fraction of sp³-hybridized carbons (Fsp3) is 0.949. The Hall–Kier alpha value is -1.70. The van der Waals surface area contributed by atoms with E-state index in [1.165, 1.54) is 0 Å². The smallest absolute Gasteiger partial charge is 0.410 e. The van der Waals surface area contributed by atoms with Crippen LogP contribution in [0.25, 0.3) is 0 Å². The summed E-state index contributed by atoms with van der Waals surface area (Å²) in [6.45, 7) is 20.1. The van der Waals surface area contributed by atoms with Crippen molar-refractivity contribution in [3.63, 3.8) is 0 Å². The highest BCUT2D eigenvalue weighted by molar-refractivity contribution is 7.80. The Labute approximate surface area is 313 Å². The predicted molar refractivity (Wildman–Crippen MR) is 200 cm³/mol. The maximum atomic E-state index is 16.4. The number of hydrogen-bond donors (Lipinski definition) is 3. The number of amides is 2. The highest BCUT2D eigenvalue weighted by Crippen LogP contribution is 2.68. The van der Waals surface area contributed by atoms with E-state index in [0.29, 0.717) is 50.4 Å². The summed E-state index contributed by atoms with van der Waals surface area (Å²) in [6, 6.07) is 0.323. The first-order valence-corrected chi connectivity index (χ1v) is 21.3. The third-order valence-corrected chi connectivity index (χ3v) is 13.5. The minimum absolute atomic E-state index is 0.0377. The van der Waals surface area contributed by atoms with Crippen LogP contribution in [-0.4, -0.2) is 86.3 Å². The highest BCUT2D eigenvalue weighted by Gasteiger charge is 2.63. The molecule has 4 fully saturated rings. The van der Waals surface area contributed by atoms with Gasteiger partial charge in [-0.3, -0.25) is 4.55 Å². The first-order chi connectivity index (χ1) is 24.0. The molecule has 0 aromatic heterocycles. The molecule has 0 aromatic carbocycles. The van der Waals surface area contributed by atoms with Gasteiger partial charge in [0.25, 0.3) is 0 Å². The first kappa shape index (κ1) is 43.0. The average Bonchev–Trinajstić information content (AvgIpc) is 3.36. The van der Waals surface area contributed by atoms with Crippen molar-refractivity contribution in [2.24, 2.45) is 46.3 Å². The predicted octanol–water partition coefficient (Wildman–Crippen LogP) is 7.94. The van der Waals surface area contributed by atoms with Crippen LogP contribution < -0.4 is 10.6 Å². The zero-order chi connectivity index (χ0) is 38.7. The molecule has 0 heterocycles. The lowest BCUT2D eigenvalue weighted by molar-refractivity contribution is -0.149. The molecule has 0 aliphatic heterocycles. The Morgan fingerprint density at radius 2 is 1.52 bits per heavy atom. The quantitative estimate of drug-likeness (QED) is 0.119. The SMILES string of the molecule is C[C@H](COS(=O)(=O)O)C1CCC2C3C(CC[C@@]21C)[C@@]1(C)CC[C@H](NCCCN(CCCCNC(=O)OC(C)(C)C)C(=O)OC(C)(C)C)C[C@@H]1C[C@@H]3F. The third kappa shape index (κ3) is 11.2. The van der Waals surface area contributed by atoms with Crippen molar-refractivity contribution < 1.29 is 40.6 Å². The molecule has 4 saturated carbocycles. The molecule has 3 N–H and O–H groups in total. The number of nitrogens with one attached hydrogen (secondary N) is 2. The molecule has 10 atom stereocenters. The second-order valence-corrected chi connectivity index (χ2v) is 20.1. The molecule has 4 unspecified atom stereocenters. The number of carbonyl (C=O) groups excluding carboxylic acids is 2. The fourth-order valence-corrected chi connectivity index (χ4v) is 11.2. The van der Waals surface area contributed by atoms with Crippen molar-refractivity contribution in [2.75, 3.05) is 32.8 Å². The van der Waals surface area contributed by atoms with Gasteiger partial charge in [0.05, 0.1) is 6.61 Å². The number of alkyl halides is 1. The van der Waals surface area contributed by atoms with Crippen molar-refractivity contribution in [2.45, 2.75) is 156 Å². The molecule has 302 valence electrons. The molecule has 4 aliphatic carbocycles. The number of nitrogens with zero attached hydrogens (tertiary/aromatic N) is 1. The third-order valence-electron chi connectivity index (χ3n) is 13.1. The van der Waals surface area contributed by atoms with Crippen LogP contribution in [0, 0.1) is 46.3 Å². The summed E-state index contributed by atoms with van der Waals surface area (Å²) in [7, 11) is -4.48. The Balaban J connectivity index is 1.26. The van der Waals surface area contributed by atoms with E-state index < -0.39 is 33.9 Å². The molecule has 0 saturated heterocycles. The van der Waals surface area contributed by atoms with E-state index in [2.05, 4.69) is 24.5 Å². The number of alkyl carbamates (subject to hydrolysis) is 1. The first-order valence-electron chi connectivity index (χ1n) is 20.0. The highest BCUT2D eigenvalue weighted by atomic mass is 32.3. The van der Waals surface area contributed by atoms with Gasteiger partial charge in [0.1, 0.15) is 17.4 Å². The van der Waals surface area contributed by atoms with Crippen molar-refractivity contribution in [3.8, 4) is 0 Å². The average molecular weight is 760 g/mol. The van der Waals surface area contributed by atoms with Gasteiger partial charge in [-0.2, -0.15) is 8.42 Å². The summed E-state index contributed by atoms with van der Waals surface area (Å²) in [4.78, 5) is 26.8. The maximum absolute atomic E-state index is 16.4. The molecule has 4 rings (SSSR count). The van der Waals surface area contributed by atoms with E-state index in [1.54, 1.807) is 4.90 Å². The van der Waals surface area contributed by atoms with Crippen molar-refractivity contribution in [1.82, 2.24) is 15.5 Å². The Bertz CT molecular complexity index is 1320. The van der Waals surface area contributed by atoms with E-state index in [9.17, 15) is 18.0 Å². The van der Waals surface area contributed by atoms with Gasteiger partial charge >= 0.3 is 22.6 Å². The normalized spacial score (nSPS) is 34.0. The molecular formula is C39H70FN3O8S. The van der Waals surface area contributed by atoms with Crippen LogP contribution in [0.3, 0.4) is 0 Å². The molecule has 11 nitrogen and oxygen atoms in total. The summed E-state index contributed by atoms with van der Waals surface area (Å²) in [6.07, 6.45) is 8.24. The Kier molecular flexibility index (Phi) is 14.1. The summed E-state index contributed by atoms with van der Waals surface area (Å²) in [5.41, 5.74) is -1.09. The maximum Gasteiger partial charge on any atom is 0.410 e. The van der Waals surface area contributed by atoms with E-state index in [-0.39, 0.29) is 47.2 Å². The molecule has 0 aromatic rings. The van der Waals surface area contributed by atoms with Gasteiger partial charge in [-0.25, -0.2) is 18.2 Å². The number of ether oxygens (including phenoxy) is 2. The lowest BCUT2D eigenvalue weighted by Gasteiger charge is -2.62. The minimum Gasteiger partial charge on any atom is -0.444 e. The van der Waals surface area contributed by atoms with Crippen LogP contribution in [0.1, 0.15) is 133 Å². The van der Waals surface area contributed by atoms with Gasteiger partial charge in [0.2, 0.25) is 0 Å². The lowest BCUT2D eigenvalue weighted by atomic mass is 9.44. The Morgan fingerprint density at radius 3 is 2.17 bits per heavy atom. The van der Waals surface area contributed by atoms with Crippen LogP contribution in [0.2, 0.25) is 0 Å². The van der Waals surface area contributed by atoms with Crippen molar-refractivity contribution >= 4 is 22.6 Å². The van der Waals surface area contributed by atoms with Crippen LogP contribution >= 0.6 is 0 Å². The van der Waals surface area contributed by atoms with Gasteiger partial charge in [-0.15, -0.1) is 0 Å². The van der Waals surface area contributed by atoms with Gasteiger partial charge in [0.15, 0.2) is 0 Å². The van der Waals surface area contributed by atoms with Gasteiger partial charge < -0.3 is 25.0 Å². The number of halogens is 1. The number of carbonyl (C=O) groups is 2. The largest absolute Gasteiger partial charge is 0.444 e. The molecule has 0 radical (unpaired) electrons. The number of rotatable bonds is 14. The zero-order valence-electron chi connectivity index (χ0n) is 33.5. The standard InChI is InChI=1S/C39H70FN3O8S/c1-26(25-49-52(46,47)48)29-13-14-30-33-31(16-18-39(29,30)9)38(8)17-15-28(23-27(38)24-32(33)40)41-20-12-22-43(35(45)51-37(5,6)7)21-11-10-19-42-34(44)50-36(2,3)4/h26-33,41H,10-25H2,1-9H3,(H,42,44)(H,46,47,48)/t26-,27-,28+,29?,30?,31?,32+,33?,38+,39-/m1/s1. The molecule has 4 aliphatic rings. The lowest BCUT2D eigenvalue weighted by Crippen LogP contribution is -2.58. The molecule has 0 bridgehead atoms. The van der Waals surface area contributed by atoms with Gasteiger partial charge in [-0.1, -0.05) is 20.8 Å². The van der Waals surface area contributed by atoms with Crippen LogP contribution in [0.5, 0.6) is 0 Å². The van der Waals surface area contributed by atoms with E-state index in [0.717, 1.165) is 64.3 Å². The second kappa shape index (κ2) is 17.0. The van der Waals surface area contributed by atoms with Crippen molar-refractivity contribution in [3.05, 3.63) is 0 Å². The van der Waals surface area contributed by atoms with Crippen LogP contribution in [0.15, 0.2) is 0 Å². The summed E-state index contributed by atoms with van der Waals surface area (Å²) in [5, 5.41) is 6.53. The number of hydrogen-bond acceptors (Lipinski definition) is 8. The fourth-order valence-electron chi connectivity index (χ4n) is 10.8. The Morgan fingerprint density at radius 1 is 0.885 bits per heavy atom. The van der Waals surface area contributed by atoms with E-state index in [1.807, 2.05) is 48.5 Å². The van der Waals surface area contributed by atoms with Gasteiger partial charge in [0, 0.05) is 25.7 Å².